The molecule has 5 nitrogen and oxygen atoms in total. The zero-order valence-corrected chi connectivity index (χ0v) is 12.5. The summed E-state index contributed by atoms with van der Waals surface area (Å²) in [6.07, 6.45) is -0.172. The van der Waals surface area contributed by atoms with E-state index in [0.717, 1.165) is 0 Å². The van der Waals surface area contributed by atoms with E-state index in [9.17, 15) is 17.1 Å². The lowest BCUT2D eigenvalue weighted by Crippen LogP contribution is -2.33. The Bertz CT molecular complexity index is 578. The van der Waals surface area contributed by atoms with Crippen molar-refractivity contribution in [3.8, 4) is 0 Å². The van der Waals surface area contributed by atoms with Gasteiger partial charge in [0.2, 0.25) is 0 Å². The summed E-state index contributed by atoms with van der Waals surface area (Å²) in [4.78, 5) is 11.0. The van der Waals surface area contributed by atoms with Gasteiger partial charge in [0.25, 0.3) is 0 Å². The third kappa shape index (κ3) is 6.01. The number of halogens is 1. The molecule has 0 unspecified atom stereocenters. The van der Waals surface area contributed by atoms with Crippen LogP contribution in [0.5, 0.6) is 0 Å². The van der Waals surface area contributed by atoms with Crippen LogP contribution in [0.3, 0.4) is 0 Å². The van der Waals surface area contributed by atoms with Crippen LogP contribution in [0.2, 0.25) is 0 Å². The van der Waals surface area contributed by atoms with Crippen molar-refractivity contribution in [2.75, 3.05) is 6.54 Å². The van der Waals surface area contributed by atoms with Crippen molar-refractivity contribution in [1.29, 1.82) is 0 Å². The summed E-state index contributed by atoms with van der Waals surface area (Å²) in [5.74, 6) is 0. The summed E-state index contributed by atoms with van der Waals surface area (Å²) in [6, 6.07) is 5.53. The zero-order valence-electron chi connectivity index (χ0n) is 11.6. The molecule has 1 aromatic carbocycles. The first-order valence-electron chi connectivity index (χ1n) is 6.08. The lowest BCUT2D eigenvalue weighted by atomic mass is 10.1. The summed E-state index contributed by atoms with van der Waals surface area (Å²) in [6.45, 7) is 5.52. The number of hydrogen-bond donors (Lipinski definition) is 1. The number of carbonyl (C=O) groups is 1. The zero-order chi connectivity index (χ0) is 15.4. The molecule has 0 saturated heterocycles. The van der Waals surface area contributed by atoms with Crippen LogP contribution in [0.1, 0.15) is 26.3 Å². The van der Waals surface area contributed by atoms with Gasteiger partial charge in [-0.25, -0.2) is 4.79 Å². The van der Waals surface area contributed by atoms with Crippen molar-refractivity contribution in [2.24, 2.45) is 0 Å². The first-order valence-corrected chi connectivity index (χ1v) is 7.47. The van der Waals surface area contributed by atoms with Gasteiger partial charge in [0.05, 0.1) is 4.90 Å². The molecule has 0 heterocycles. The van der Waals surface area contributed by atoms with E-state index in [1.165, 1.54) is 18.2 Å². The van der Waals surface area contributed by atoms with Crippen LogP contribution in [0.15, 0.2) is 29.2 Å². The smallest absolute Gasteiger partial charge is 0.407 e. The Balaban J connectivity index is 2.53. The highest BCUT2D eigenvalue weighted by atomic mass is 32.3. The average molecular weight is 303 g/mol. The second-order valence-electron chi connectivity index (χ2n) is 5.26. The largest absolute Gasteiger partial charge is 0.444 e. The van der Waals surface area contributed by atoms with Crippen LogP contribution >= 0.6 is 0 Å². The molecule has 0 aromatic heterocycles. The summed E-state index contributed by atoms with van der Waals surface area (Å²) < 4.78 is 39.4. The van der Waals surface area contributed by atoms with Crippen molar-refractivity contribution >= 4 is 16.3 Å². The van der Waals surface area contributed by atoms with E-state index in [1.807, 2.05) is 0 Å². The van der Waals surface area contributed by atoms with E-state index < -0.39 is 21.9 Å². The third-order valence-electron chi connectivity index (χ3n) is 2.26. The number of rotatable bonds is 4. The molecule has 0 aliphatic rings. The molecular weight excluding hydrogens is 285 g/mol. The summed E-state index contributed by atoms with van der Waals surface area (Å²) in [5.41, 5.74) is 0.0338. The van der Waals surface area contributed by atoms with E-state index in [1.54, 1.807) is 26.8 Å². The molecule has 0 aliphatic heterocycles. The van der Waals surface area contributed by atoms with E-state index in [0.29, 0.717) is 12.0 Å². The number of ether oxygens (including phenoxy) is 1. The van der Waals surface area contributed by atoms with Crippen LogP contribution in [0.25, 0.3) is 0 Å². The van der Waals surface area contributed by atoms with Crippen LogP contribution in [0.4, 0.5) is 8.68 Å². The molecule has 112 valence electrons. The molecule has 7 heteroatoms. The van der Waals surface area contributed by atoms with Crippen molar-refractivity contribution in [1.82, 2.24) is 5.32 Å². The second-order valence-corrected chi connectivity index (χ2v) is 6.61. The van der Waals surface area contributed by atoms with Gasteiger partial charge < -0.3 is 10.1 Å². The molecule has 1 amide bonds. The fourth-order valence-corrected chi connectivity index (χ4v) is 2.01. The Morgan fingerprint density at radius 2 is 2.00 bits per heavy atom. The van der Waals surface area contributed by atoms with Gasteiger partial charge in [-0.3, -0.25) is 0 Å². The first kappa shape index (κ1) is 16.4. The molecule has 0 atom stereocenters. The van der Waals surface area contributed by atoms with E-state index in [-0.39, 0.29) is 11.4 Å². The Morgan fingerprint density at radius 3 is 2.55 bits per heavy atom. The fourth-order valence-electron chi connectivity index (χ4n) is 1.48. The molecular formula is C13H18FNO4S. The molecule has 1 rings (SSSR count). The van der Waals surface area contributed by atoms with Gasteiger partial charge in [-0.2, -0.15) is 8.42 Å². The highest BCUT2D eigenvalue weighted by Gasteiger charge is 2.16. The molecule has 0 bridgehead atoms. The maximum atomic E-state index is 12.8. The van der Waals surface area contributed by atoms with E-state index in [4.69, 9.17) is 4.74 Å². The molecule has 0 radical (unpaired) electrons. The average Bonchev–Trinajstić information content (AvgIpc) is 2.25. The van der Waals surface area contributed by atoms with Crippen molar-refractivity contribution in [3.05, 3.63) is 29.8 Å². The topological polar surface area (TPSA) is 72.5 Å². The number of alkyl carbamates (subject to hydrolysis) is 1. The number of hydrogen-bond acceptors (Lipinski definition) is 4. The van der Waals surface area contributed by atoms with Crippen LogP contribution < -0.4 is 5.32 Å². The summed E-state index contributed by atoms with van der Waals surface area (Å²) in [7, 11) is -4.70. The third-order valence-corrected chi connectivity index (χ3v) is 3.08. The van der Waals surface area contributed by atoms with Crippen molar-refractivity contribution < 1.29 is 21.8 Å². The maximum Gasteiger partial charge on any atom is 0.407 e. The summed E-state index contributed by atoms with van der Waals surface area (Å²) >= 11 is 0. The normalized spacial score (nSPS) is 12.0. The number of amides is 1. The molecule has 0 saturated carbocycles. The summed E-state index contributed by atoms with van der Waals surface area (Å²) in [5, 5.41) is 2.54. The quantitative estimate of drug-likeness (QED) is 0.867. The molecule has 1 aromatic rings. The Kier molecular flexibility index (Phi) is 5.10. The molecule has 0 fully saturated rings. The fraction of sp³-hybridized carbons (Fsp3) is 0.462. The van der Waals surface area contributed by atoms with E-state index >= 15 is 0 Å². The highest BCUT2D eigenvalue weighted by Crippen LogP contribution is 2.14. The van der Waals surface area contributed by atoms with Gasteiger partial charge >= 0.3 is 16.3 Å². The van der Waals surface area contributed by atoms with Crippen LogP contribution in [-0.4, -0.2) is 26.7 Å². The minimum Gasteiger partial charge on any atom is -0.444 e. The van der Waals surface area contributed by atoms with Gasteiger partial charge in [-0.1, -0.05) is 12.1 Å². The Hall–Kier alpha value is -1.63. The first-order chi connectivity index (χ1) is 9.08. The Labute approximate surface area is 118 Å². The maximum absolute atomic E-state index is 12.8. The van der Waals surface area contributed by atoms with Gasteiger partial charge in [0, 0.05) is 6.54 Å². The van der Waals surface area contributed by atoms with Crippen LogP contribution in [-0.2, 0) is 21.4 Å². The lowest BCUT2D eigenvalue weighted by Gasteiger charge is -2.19. The van der Waals surface area contributed by atoms with Gasteiger partial charge in [0.15, 0.2) is 0 Å². The molecule has 20 heavy (non-hydrogen) atoms. The monoisotopic (exact) mass is 303 g/mol. The predicted octanol–water partition coefficient (Wildman–Crippen LogP) is 2.41. The van der Waals surface area contributed by atoms with Crippen molar-refractivity contribution in [3.63, 3.8) is 0 Å². The van der Waals surface area contributed by atoms with Gasteiger partial charge in [0.1, 0.15) is 5.60 Å². The Morgan fingerprint density at radius 1 is 1.35 bits per heavy atom. The lowest BCUT2D eigenvalue weighted by molar-refractivity contribution is 0.0528. The van der Waals surface area contributed by atoms with E-state index in [2.05, 4.69) is 5.32 Å². The number of nitrogens with one attached hydrogen (secondary N) is 1. The minimum atomic E-state index is -4.70. The number of benzene rings is 1. The SMILES string of the molecule is CC(C)(C)OC(=O)NCCc1cccc(S(=O)(=O)F)c1. The highest BCUT2D eigenvalue weighted by molar-refractivity contribution is 7.86. The molecule has 0 spiro atoms. The number of carbonyl (C=O) groups excluding carboxylic acids is 1. The van der Waals surface area contributed by atoms with Gasteiger partial charge in [-0.15, -0.1) is 3.89 Å². The predicted molar refractivity (Wildman–Crippen MR) is 72.7 cm³/mol. The standard InChI is InChI=1S/C13H18FNO4S/c1-13(2,3)19-12(16)15-8-7-10-5-4-6-11(9-10)20(14,17)18/h4-6,9H,7-8H2,1-3H3,(H,15,16). The van der Waals surface area contributed by atoms with Gasteiger partial charge in [-0.05, 0) is 44.9 Å². The van der Waals surface area contributed by atoms with Crippen LogP contribution in [0, 0.1) is 0 Å². The minimum absolute atomic E-state index is 0.269. The molecule has 0 aliphatic carbocycles. The van der Waals surface area contributed by atoms with Crippen molar-refractivity contribution in [2.45, 2.75) is 37.7 Å². The second kappa shape index (κ2) is 6.21. The molecule has 1 N–H and O–H groups in total.